The lowest BCUT2D eigenvalue weighted by atomic mass is 9.97. The van der Waals surface area contributed by atoms with Gasteiger partial charge in [-0.3, -0.25) is 9.59 Å². The summed E-state index contributed by atoms with van der Waals surface area (Å²) in [6.45, 7) is 5.25. The van der Waals surface area contributed by atoms with Crippen molar-refractivity contribution in [2.24, 2.45) is 11.5 Å². The van der Waals surface area contributed by atoms with Crippen LogP contribution in [0.5, 0.6) is 0 Å². The highest BCUT2D eigenvalue weighted by molar-refractivity contribution is 7.99. The number of aromatic nitrogens is 2. The first-order valence-electron chi connectivity index (χ1n) is 5.54. The van der Waals surface area contributed by atoms with E-state index in [0.29, 0.717) is 17.3 Å². The van der Waals surface area contributed by atoms with E-state index < -0.39 is 11.4 Å². The van der Waals surface area contributed by atoms with Gasteiger partial charge in [0.25, 0.3) is 5.56 Å². The van der Waals surface area contributed by atoms with E-state index >= 15 is 0 Å². The fourth-order valence-electron chi connectivity index (χ4n) is 1.54. The number of primary amides is 1. The van der Waals surface area contributed by atoms with Crippen molar-refractivity contribution in [3.63, 3.8) is 0 Å². The number of carbonyl (C=O) groups excluding carboxylic acids is 1. The third kappa shape index (κ3) is 4.15. The van der Waals surface area contributed by atoms with Gasteiger partial charge in [-0.15, -0.1) is 0 Å². The minimum atomic E-state index is -1.06. The highest BCUT2D eigenvalue weighted by Gasteiger charge is 2.28. The van der Waals surface area contributed by atoms with Crippen molar-refractivity contribution in [2.75, 3.05) is 0 Å². The predicted molar refractivity (Wildman–Crippen MR) is 71.3 cm³/mol. The Bertz CT molecular complexity index is 498. The molecule has 1 heterocycles. The molecule has 0 spiro atoms. The van der Waals surface area contributed by atoms with Crippen LogP contribution in [0.3, 0.4) is 0 Å². The average molecular weight is 270 g/mol. The van der Waals surface area contributed by atoms with Gasteiger partial charge < -0.3 is 16.5 Å². The molecule has 0 bridgehead atoms. The summed E-state index contributed by atoms with van der Waals surface area (Å²) in [5, 5.41) is 0.533. The second-order valence-corrected chi connectivity index (χ2v) is 6.03. The number of rotatable bonds is 5. The molecule has 0 aromatic carbocycles. The van der Waals surface area contributed by atoms with Crippen LogP contribution >= 0.6 is 11.8 Å². The number of nitrogens with one attached hydrogen (secondary N) is 1. The highest BCUT2D eigenvalue weighted by Crippen LogP contribution is 2.24. The Morgan fingerprint density at radius 1 is 1.67 bits per heavy atom. The Balaban J connectivity index is 2.73. The number of amides is 1. The molecule has 2 unspecified atom stereocenters. The quantitative estimate of drug-likeness (QED) is 0.520. The molecule has 7 heteroatoms. The van der Waals surface area contributed by atoms with E-state index in [1.165, 1.54) is 17.8 Å². The number of nitrogens with zero attached hydrogens (tertiary/aromatic N) is 1. The molecule has 1 amide bonds. The van der Waals surface area contributed by atoms with E-state index in [1.807, 2.05) is 6.92 Å². The Labute approximate surface area is 110 Å². The molecular weight excluding hydrogens is 252 g/mol. The van der Waals surface area contributed by atoms with Crippen molar-refractivity contribution in [1.82, 2.24) is 9.97 Å². The summed E-state index contributed by atoms with van der Waals surface area (Å²) < 4.78 is 0. The Kier molecular flexibility index (Phi) is 4.53. The number of aryl methyl sites for hydroxylation is 1. The zero-order chi connectivity index (χ0) is 13.9. The maximum Gasteiger partial charge on any atom is 0.251 e. The fraction of sp³-hybridized carbons (Fsp3) is 0.545. The van der Waals surface area contributed by atoms with Crippen LogP contribution < -0.4 is 17.0 Å². The number of hydrogen-bond acceptors (Lipinski definition) is 5. The zero-order valence-corrected chi connectivity index (χ0v) is 11.5. The molecule has 100 valence electrons. The van der Waals surface area contributed by atoms with Crippen LogP contribution in [-0.4, -0.2) is 26.7 Å². The third-order valence-electron chi connectivity index (χ3n) is 2.44. The highest BCUT2D eigenvalue weighted by atomic mass is 32.2. The maximum atomic E-state index is 11.3. The van der Waals surface area contributed by atoms with Crippen LogP contribution in [-0.2, 0) is 4.79 Å². The van der Waals surface area contributed by atoms with E-state index in [1.54, 1.807) is 13.8 Å². The summed E-state index contributed by atoms with van der Waals surface area (Å²) in [5.41, 5.74) is 10.4. The monoisotopic (exact) mass is 270 g/mol. The van der Waals surface area contributed by atoms with E-state index in [-0.39, 0.29) is 10.8 Å². The first kappa shape index (κ1) is 14.7. The molecule has 2 atom stereocenters. The normalized spacial score (nSPS) is 16.0. The molecule has 0 saturated heterocycles. The number of H-pyrrole nitrogens is 1. The van der Waals surface area contributed by atoms with Gasteiger partial charge in [-0.2, -0.15) is 0 Å². The molecule has 6 nitrogen and oxygen atoms in total. The molecule has 1 aromatic heterocycles. The number of thioether (sulfide) groups is 1. The summed E-state index contributed by atoms with van der Waals surface area (Å²) in [6, 6.07) is 1.42. The molecule has 1 rings (SSSR count). The second kappa shape index (κ2) is 5.53. The van der Waals surface area contributed by atoms with Crippen LogP contribution in [0.4, 0.5) is 0 Å². The van der Waals surface area contributed by atoms with Gasteiger partial charge in [0.05, 0.1) is 5.54 Å². The van der Waals surface area contributed by atoms with Crippen molar-refractivity contribution < 1.29 is 4.79 Å². The van der Waals surface area contributed by atoms with Gasteiger partial charge in [0.1, 0.15) is 0 Å². The fourth-order valence-corrected chi connectivity index (χ4v) is 2.70. The zero-order valence-electron chi connectivity index (χ0n) is 10.7. The molecule has 18 heavy (non-hydrogen) atoms. The van der Waals surface area contributed by atoms with Crippen molar-refractivity contribution in [2.45, 2.75) is 43.1 Å². The molecular formula is C11H18N4O2S. The van der Waals surface area contributed by atoms with Crippen molar-refractivity contribution in [3.05, 3.63) is 22.1 Å². The number of nitrogens with two attached hydrogens (primary N) is 2. The number of carbonyl (C=O) groups is 1. The Hall–Kier alpha value is -1.34. The lowest BCUT2D eigenvalue weighted by molar-refractivity contribution is -0.122. The lowest BCUT2D eigenvalue weighted by Crippen LogP contribution is -2.50. The summed E-state index contributed by atoms with van der Waals surface area (Å²) in [5.74, 6) is -0.541. The lowest BCUT2D eigenvalue weighted by Gasteiger charge is -2.23. The molecule has 0 aliphatic rings. The Morgan fingerprint density at radius 2 is 2.28 bits per heavy atom. The molecule has 1 aromatic rings. The number of hydrogen-bond donors (Lipinski definition) is 3. The molecule has 0 aliphatic heterocycles. The average Bonchev–Trinajstić information content (AvgIpc) is 2.13. The van der Waals surface area contributed by atoms with Gasteiger partial charge in [0.2, 0.25) is 5.91 Å². The van der Waals surface area contributed by atoms with E-state index in [9.17, 15) is 9.59 Å². The second-order valence-electron chi connectivity index (χ2n) is 4.61. The van der Waals surface area contributed by atoms with E-state index in [4.69, 9.17) is 11.5 Å². The van der Waals surface area contributed by atoms with Crippen LogP contribution in [0, 0.1) is 6.92 Å². The van der Waals surface area contributed by atoms with Gasteiger partial charge in [0.15, 0.2) is 5.16 Å². The predicted octanol–water partition coefficient (Wildman–Crippen LogP) is 0.152. The maximum absolute atomic E-state index is 11.3. The van der Waals surface area contributed by atoms with Gasteiger partial charge in [-0.25, -0.2) is 4.98 Å². The van der Waals surface area contributed by atoms with Gasteiger partial charge in [0, 0.05) is 17.0 Å². The van der Waals surface area contributed by atoms with Gasteiger partial charge >= 0.3 is 0 Å². The van der Waals surface area contributed by atoms with Crippen LogP contribution in [0.1, 0.15) is 26.0 Å². The van der Waals surface area contributed by atoms with Gasteiger partial charge in [-0.1, -0.05) is 18.7 Å². The van der Waals surface area contributed by atoms with Crippen molar-refractivity contribution in [1.29, 1.82) is 0 Å². The summed E-state index contributed by atoms with van der Waals surface area (Å²) >= 11 is 1.36. The molecule has 0 fully saturated rings. The molecule has 0 radical (unpaired) electrons. The van der Waals surface area contributed by atoms with Crippen LogP contribution in [0.25, 0.3) is 0 Å². The van der Waals surface area contributed by atoms with Gasteiger partial charge in [-0.05, 0) is 20.3 Å². The largest absolute Gasteiger partial charge is 0.368 e. The molecule has 0 saturated carbocycles. The van der Waals surface area contributed by atoms with Crippen LogP contribution in [0.2, 0.25) is 0 Å². The summed E-state index contributed by atoms with van der Waals surface area (Å²) in [7, 11) is 0. The van der Waals surface area contributed by atoms with Crippen molar-refractivity contribution in [3.8, 4) is 0 Å². The standard InChI is InChI=1S/C11H18N4O2S/c1-6-4-8(16)15-10(14-6)18-7(2)5-11(3,13)9(12)17/h4,7H,5,13H2,1-3H3,(H2,12,17)(H,14,15,16). The molecule has 5 N–H and O–H groups in total. The first-order valence-corrected chi connectivity index (χ1v) is 6.42. The summed E-state index contributed by atoms with van der Waals surface area (Å²) in [6.07, 6.45) is 0.407. The first-order chi connectivity index (χ1) is 8.20. The smallest absolute Gasteiger partial charge is 0.251 e. The van der Waals surface area contributed by atoms with Crippen molar-refractivity contribution >= 4 is 17.7 Å². The summed E-state index contributed by atoms with van der Waals surface area (Å²) in [4.78, 5) is 29.2. The minimum absolute atomic E-state index is 0.0115. The van der Waals surface area contributed by atoms with E-state index in [0.717, 1.165) is 0 Å². The minimum Gasteiger partial charge on any atom is -0.368 e. The number of aromatic amines is 1. The SMILES string of the molecule is Cc1cc(=O)[nH]c(SC(C)CC(C)(N)C(N)=O)n1. The van der Waals surface area contributed by atoms with E-state index in [2.05, 4.69) is 9.97 Å². The Morgan fingerprint density at radius 3 is 2.78 bits per heavy atom. The topological polar surface area (TPSA) is 115 Å². The third-order valence-corrected chi connectivity index (χ3v) is 3.42. The molecule has 0 aliphatic carbocycles. The van der Waals surface area contributed by atoms with Crippen LogP contribution in [0.15, 0.2) is 16.0 Å².